The lowest BCUT2D eigenvalue weighted by Crippen LogP contribution is -2.19. The van der Waals surface area contributed by atoms with Gasteiger partial charge < -0.3 is 5.11 Å². The molecule has 2 aromatic carbocycles. The lowest BCUT2D eigenvalue weighted by Gasteiger charge is -2.07. The molecule has 0 spiro atoms. The van der Waals surface area contributed by atoms with E-state index in [1.165, 1.54) is 31.3 Å². The van der Waals surface area contributed by atoms with Gasteiger partial charge in [0, 0.05) is 24.7 Å². The molecule has 0 aliphatic heterocycles. The van der Waals surface area contributed by atoms with Crippen LogP contribution in [0, 0.1) is 10.1 Å². The van der Waals surface area contributed by atoms with Crippen LogP contribution in [-0.2, 0) is 7.05 Å². The van der Waals surface area contributed by atoms with Gasteiger partial charge in [-0.1, -0.05) is 30.3 Å². The van der Waals surface area contributed by atoms with E-state index in [4.69, 9.17) is 0 Å². The zero-order valence-electron chi connectivity index (χ0n) is 13.6. The quantitative estimate of drug-likeness (QED) is 0.438. The zero-order valence-corrected chi connectivity index (χ0v) is 13.6. The smallest absolute Gasteiger partial charge is 0.298 e. The van der Waals surface area contributed by atoms with Crippen LogP contribution < -0.4 is 5.56 Å². The summed E-state index contributed by atoms with van der Waals surface area (Å²) in [5, 5.41) is 32.9. The summed E-state index contributed by atoms with van der Waals surface area (Å²) in [7, 11) is 1.44. The minimum absolute atomic E-state index is 0.0852. The molecule has 0 saturated heterocycles. The summed E-state index contributed by atoms with van der Waals surface area (Å²) < 4.78 is 1.06. The molecule has 0 fully saturated rings. The number of aromatic hydroxyl groups is 1. The largest absolute Gasteiger partial charge is 0.504 e. The Kier molecular flexibility index (Phi) is 4.52. The summed E-state index contributed by atoms with van der Waals surface area (Å²) in [6.07, 6.45) is 0. The van der Waals surface area contributed by atoms with Gasteiger partial charge in [0.15, 0.2) is 11.4 Å². The summed E-state index contributed by atoms with van der Waals surface area (Å²) in [5.41, 5.74) is 0.151. The third-order valence-electron chi connectivity index (χ3n) is 3.57. The molecule has 0 amide bonds. The number of hydrogen-bond donors (Lipinski definition) is 1. The first-order valence-electron chi connectivity index (χ1n) is 7.49. The predicted octanol–water partition coefficient (Wildman–Crippen LogP) is 3.48. The van der Waals surface area contributed by atoms with Gasteiger partial charge in [-0.05, 0) is 12.1 Å². The van der Waals surface area contributed by atoms with Crippen LogP contribution in [0.3, 0.4) is 0 Å². The fourth-order valence-electron chi connectivity index (χ4n) is 2.24. The third kappa shape index (κ3) is 3.31. The molecule has 1 N–H and O–H groups in total. The average molecular weight is 351 g/mol. The minimum atomic E-state index is -0.618. The fraction of sp³-hybridized carbons (Fsp3) is 0.0588. The Labute approximate surface area is 147 Å². The van der Waals surface area contributed by atoms with E-state index in [2.05, 4.69) is 15.3 Å². The van der Waals surface area contributed by atoms with Gasteiger partial charge >= 0.3 is 0 Å². The maximum Gasteiger partial charge on any atom is 0.298 e. The Morgan fingerprint density at radius 1 is 1.08 bits per heavy atom. The first-order chi connectivity index (χ1) is 12.5. The molecule has 1 aromatic heterocycles. The maximum atomic E-state index is 12.2. The molecule has 0 aliphatic carbocycles. The van der Waals surface area contributed by atoms with Gasteiger partial charge in [0.2, 0.25) is 0 Å². The molecular weight excluding hydrogens is 338 g/mol. The highest BCUT2D eigenvalue weighted by molar-refractivity contribution is 5.71. The van der Waals surface area contributed by atoms with Gasteiger partial charge in [0.25, 0.3) is 11.2 Å². The standard InChI is InChI=1S/C17H13N5O4/c1-21-17(24)15(16(23)14(20-21)11-5-3-2-4-6-11)19-18-12-7-9-13(10-8-12)22(25)26/h2-10,23H,1H3. The Bertz CT molecular complexity index is 1040. The minimum Gasteiger partial charge on any atom is -0.504 e. The number of nitrogens with zero attached hydrogens (tertiary/aromatic N) is 5. The number of nitro benzene ring substituents is 1. The van der Waals surface area contributed by atoms with Gasteiger partial charge in [0.05, 0.1) is 10.6 Å². The Morgan fingerprint density at radius 2 is 1.73 bits per heavy atom. The van der Waals surface area contributed by atoms with Crippen molar-refractivity contribution in [2.75, 3.05) is 0 Å². The number of benzene rings is 2. The second kappa shape index (κ2) is 6.93. The van der Waals surface area contributed by atoms with Crippen LogP contribution in [0.2, 0.25) is 0 Å². The van der Waals surface area contributed by atoms with Crippen molar-refractivity contribution in [3.8, 4) is 17.0 Å². The molecule has 0 unspecified atom stereocenters. The van der Waals surface area contributed by atoms with Crippen LogP contribution in [0.25, 0.3) is 11.3 Å². The van der Waals surface area contributed by atoms with Crippen molar-refractivity contribution in [1.82, 2.24) is 9.78 Å². The van der Waals surface area contributed by atoms with E-state index in [1.54, 1.807) is 24.3 Å². The molecule has 130 valence electrons. The summed E-state index contributed by atoms with van der Waals surface area (Å²) >= 11 is 0. The van der Waals surface area contributed by atoms with E-state index in [0.29, 0.717) is 11.3 Å². The maximum absolute atomic E-state index is 12.2. The highest BCUT2D eigenvalue weighted by Crippen LogP contribution is 2.33. The summed E-state index contributed by atoms with van der Waals surface area (Å²) in [5.74, 6) is -0.384. The number of azo groups is 1. The normalized spacial score (nSPS) is 11.0. The van der Waals surface area contributed by atoms with Crippen LogP contribution in [0.1, 0.15) is 0 Å². The molecule has 3 rings (SSSR count). The van der Waals surface area contributed by atoms with Crippen molar-refractivity contribution in [2.45, 2.75) is 0 Å². The molecule has 0 saturated carbocycles. The monoisotopic (exact) mass is 351 g/mol. The van der Waals surface area contributed by atoms with E-state index in [1.807, 2.05) is 6.07 Å². The van der Waals surface area contributed by atoms with E-state index < -0.39 is 10.5 Å². The van der Waals surface area contributed by atoms with Crippen LogP contribution in [-0.4, -0.2) is 19.8 Å². The van der Waals surface area contributed by atoms with Gasteiger partial charge in [-0.3, -0.25) is 14.9 Å². The van der Waals surface area contributed by atoms with Crippen molar-refractivity contribution >= 4 is 17.1 Å². The topological polar surface area (TPSA) is 123 Å². The summed E-state index contributed by atoms with van der Waals surface area (Å²) in [6.45, 7) is 0. The number of hydrogen-bond acceptors (Lipinski definition) is 7. The van der Waals surface area contributed by atoms with Crippen molar-refractivity contribution in [1.29, 1.82) is 0 Å². The second-order valence-corrected chi connectivity index (χ2v) is 5.31. The highest BCUT2D eigenvalue weighted by Gasteiger charge is 2.17. The van der Waals surface area contributed by atoms with E-state index in [9.17, 15) is 20.0 Å². The molecule has 9 nitrogen and oxygen atoms in total. The second-order valence-electron chi connectivity index (χ2n) is 5.31. The molecule has 0 bridgehead atoms. The predicted molar refractivity (Wildman–Crippen MR) is 93.9 cm³/mol. The van der Waals surface area contributed by atoms with Crippen molar-refractivity contribution in [2.24, 2.45) is 17.3 Å². The Hall–Kier alpha value is -3.88. The van der Waals surface area contributed by atoms with Crippen molar-refractivity contribution in [3.63, 3.8) is 0 Å². The molecular formula is C17H13N5O4. The van der Waals surface area contributed by atoms with Crippen molar-refractivity contribution in [3.05, 3.63) is 75.1 Å². The van der Waals surface area contributed by atoms with Gasteiger partial charge in [0.1, 0.15) is 5.69 Å². The molecule has 1 heterocycles. The van der Waals surface area contributed by atoms with Crippen molar-refractivity contribution < 1.29 is 10.0 Å². The van der Waals surface area contributed by atoms with Crippen LogP contribution in [0.4, 0.5) is 17.1 Å². The van der Waals surface area contributed by atoms with Gasteiger partial charge in [-0.15, -0.1) is 5.11 Å². The lowest BCUT2D eigenvalue weighted by atomic mass is 10.1. The third-order valence-corrected chi connectivity index (χ3v) is 3.57. The average Bonchev–Trinajstić information content (AvgIpc) is 2.65. The number of aromatic nitrogens is 2. The number of rotatable bonds is 4. The van der Waals surface area contributed by atoms with E-state index in [-0.39, 0.29) is 22.8 Å². The van der Waals surface area contributed by atoms with Gasteiger partial charge in [-0.25, -0.2) is 4.68 Å². The first-order valence-corrected chi connectivity index (χ1v) is 7.49. The molecule has 0 atom stereocenters. The SMILES string of the molecule is Cn1nc(-c2ccccc2)c(O)c(N=Nc2ccc([N+](=O)[O-])cc2)c1=O. The highest BCUT2D eigenvalue weighted by atomic mass is 16.6. The first kappa shape index (κ1) is 17.0. The van der Waals surface area contributed by atoms with E-state index in [0.717, 1.165) is 4.68 Å². The summed E-state index contributed by atoms with van der Waals surface area (Å²) in [6, 6.07) is 14.2. The molecule has 9 heteroatoms. The molecule has 0 aliphatic rings. The Morgan fingerprint density at radius 3 is 2.35 bits per heavy atom. The Balaban J connectivity index is 2.03. The van der Waals surface area contributed by atoms with Crippen LogP contribution in [0.15, 0.2) is 69.6 Å². The number of nitro groups is 1. The molecule has 3 aromatic rings. The van der Waals surface area contributed by atoms with Crippen LogP contribution >= 0.6 is 0 Å². The van der Waals surface area contributed by atoms with Gasteiger partial charge in [-0.2, -0.15) is 10.2 Å². The number of aryl methyl sites for hydroxylation is 1. The fourth-order valence-corrected chi connectivity index (χ4v) is 2.24. The zero-order chi connectivity index (χ0) is 18.7. The lowest BCUT2D eigenvalue weighted by molar-refractivity contribution is -0.384. The summed E-state index contributed by atoms with van der Waals surface area (Å²) in [4.78, 5) is 22.4. The van der Waals surface area contributed by atoms with E-state index >= 15 is 0 Å². The molecule has 0 radical (unpaired) electrons. The van der Waals surface area contributed by atoms with Crippen LogP contribution in [0.5, 0.6) is 5.75 Å². The molecule has 26 heavy (non-hydrogen) atoms. The number of non-ortho nitro benzene ring substituents is 1.